The summed E-state index contributed by atoms with van der Waals surface area (Å²) < 4.78 is 27.4. The van der Waals surface area contributed by atoms with E-state index in [1.807, 2.05) is 4.90 Å². The van der Waals surface area contributed by atoms with Gasteiger partial charge in [0.25, 0.3) is 5.91 Å². The van der Waals surface area contributed by atoms with Gasteiger partial charge in [-0.1, -0.05) is 6.07 Å². The summed E-state index contributed by atoms with van der Waals surface area (Å²) in [5.74, 6) is -0.0176. The van der Waals surface area contributed by atoms with Crippen molar-refractivity contribution in [3.63, 3.8) is 0 Å². The van der Waals surface area contributed by atoms with Crippen molar-refractivity contribution in [2.45, 2.75) is 31.5 Å². The predicted molar refractivity (Wildman–Crippen MR) is 111 cm³/mol. The number of carbonyl (C=O) groups excluding carboxylic acids is 2. The average Bonchev–Trinajstić information content (AvgIpc) is 3.48. The van der Waals surface area contributed by atoms with Crippen LogP contribution in [-0.2, 0) is 19.1 Å². The normalized spacial score (nSPS) is 22.2. The molecular weight excluding hydrogens is 433 g/mol. The molecule has 0 aromatic carbocycles. The van der Waals surface area contributed by atoms with Crippen molar-refractivity contribution in [3.05, 3.63) is 41.5 Å². The number of alkyl halides is 1. The standard InChI is InChI=1S/C21H24FN7O4/c1-14-17(12-32-19(14)30)28-8-9-33-21(20(28)31)4-6-27(7-5-21)11-16(22)15-2-3-18(23-10-15)29-13-24-25-26-29/h2-3,10,13,16H,4-9,11-12H2,1H3/t16-/m1/s1. The minimum absolute atomic E-state index is 0.113. The van der Waals surface area contributed by atoms with Crippen molar-refractivity contribution in [2.24, 2.45) is 0 Å². The summed E-state index contributed by atoms with van der Waals surface area (Å²) in [7, 11) is 0. The number of esters is 1. The Hall–Kier alpha value is -3.25. The van der Waals surface area contributed by atoms with E-state index in [1.54, 1.807) is 24.0 Å². The molecule has 3 aliphatic rings. The Labute approximate surface area is 189 Å². The lowest BCUT2D eigenvalue weighted by Gasteiger charge is -2.46. The highest BCUT2D eigenvalue weighted by Gasteiger charge is 2.49. The van der Waals surface area contributed by atoms with Crippen LogP contribution in [0.3, 0.4) is 0 Å². The zero-order valence-electron chi connectivity index (χ0n) is 18.2. The van der Waals surface area contributed by atoms with Gasteiger partial charge >= 0.3 is 5.97 Å². The first-order chi connectivity index (χ1) is 16.0. The van der Waals surface area contributed by atoms with Crippen LogP contribution in [0.25, 0.3) is 5.82 Å². The molecule has 2 aromatic heterocycles. The van der Waals surface area contributed by atoms with Crippen LogP contribution in [-0.4, -0.2) is 91.9 Å². The van der Waals surface area contributed by atoms with Crippen LogP contribution >= 0.6 is 0 Å². The molecule has 1 spiro atoms. The van der Waals surface area contributed by atoms with Gasteiger partial charge in [-0.15, -0.1) is 5.10 Å². The third kappa shape index (κ3) is 4.00. The number of nitrogens with zero attached hydrogens (tertiary/aromatic N) is 7. The van der Waals surface area contributed by atoms with Gasteiger partial charge in [0.15, 0.2) is 5.82 Å². The molecule has 1 atom stereocenters. The number of rotatable bonds is 5. The van der Waals surface area contributed by atoms with Crippen LogP contribution in [0.2, 0.25) is 0 Å². The van der Waals surface area contributed by atoms with E-state index in [9.17, 15) is 14.0 Å². The number of amides is 1. The minimum Gasteiger partial charge on any atom is -0.456 e. The number of carbonyl (C=O) groups is 2. The third-order valence-electron chi connectivity index (χ3n) is 6.53. The fourth-order valence-corrected chi connectivity index (χ4v) is 4.52. The molecule has 2 aromatic rings. The molecule has 0 radical (unpaired) electrons. The SMILES string of the molecule is CC1=C(N2CCOC3(CCN(C[C@@H](F)c4ccc(-n5cnnn5)nc4)CC3)C2=O)COC1=O. The Morgan fingerprint density at radius 1 is 1.21 bits per heavy atom. The second kappa shape index (κ2) is 8.60. The first-order valence-corrected chi connectivity index (χ1v) is 10.9. The van der Waals surface area contributed by atoms with Crippen molar-refractivity contribution in [1.82, 2.24) is 35.0 Å². The molecule has 2 fully saturated rings. The van der Waals surface area contributed by atoms with E-state index in [0.717, 1.165) is 0 Å². The van der Waals surface area contributed by atoms with E-state index >= 15 is 0 Å². The lowest BCUT2D eigenvalue weighted by molar-refractivity contribution is -0.177. The van der Waals surface area contributed by atoms with Gasteiger partial charge in [0.1, 0.15) is 24.7 Å². The number of tetrazole rings is 1. The number of ether oxygens (including phenoxy) is 2. The van der Waals surface area contributed by atoms with E-state index < -0.39 is 11.8 Å². The molecule has 11 nitrogen and oxygen atoms in total. The number of hydrogen-bond donors (Lipinski definition) is 0. The number of hydrogen-bond acceptors (Lipinski definition) is 9. The number of cyclic esters (lactones) is 1. The van der Waals surface area contributed by atoms with Gasteiger partial charge in [-0.05, 0) is 36.3 Å². The number of halogens is 1. The fourth-order valence-electron chi connectivity index (χ4n) is 4.52. The first-order valence-electron chi connectivity index (χ1n) is 10.9. The van der Waals surface area contributed by atoms with Crippen molar-refractivity contribution in [3.8, 4) is 5.82 Å². The van der Waals surface area contributed by atoms with E-state index in [2.05, 4.69) is 20.5 Å². The van der Waals surface area contributed by atoms with Gasteiger partial charge in [0, 0.05) is 37.9 Å². The van der Waals surface area contributed by atoms with Gasteiger partial charge in [0.05, 0.1) is 17.9 Å². The number of piperidine rings is 1. The second-order valence-corrected chi connectivity index (χ2v) is 8.42. The molecule has 0 saturated carbocycles. The average molecular weight is 457 g/mol. The van der Waals surface area contributed by atoms with Crippen LogP contribution in [0.1, 0.15) is 31.5 Å². The molecule has 33 heavy (non-hydrogen) atoms. The minimum atomic E-state index is -1.22. The van der Waals surface area contributed by atoms with E-state index in [0.29, 0.717) is 61.7 Å². The van der Waals surface area contributed by atoms with Gasteiger partial charge in [-0.3, -0.25) is 9.69 Å². The molecule has 12 heteroatoms. The van der Waals surface area contributed by atoms with Gasteiger partial charge in [0.2, 0.25) is 0 Å². The third-order valence-corrected chi connectivity index (χ3v) is 6.53. The van der Waals surface area contributed by atoms with Crippen molar-refractivity contribution >= 4 is 11.9 Å². The van der Waals surface area contributed by atoms with Crippen molar-refractivity contribution in [2.75, 3.05) is 39.4 Å². The quantitative estimate of drug-likeness (QED) is 0.595. The molecule has 2 saturated heterocycles. The largest absolute Gasteiger partial charge is 0.456 e. The monoisotopic (exact) mass is 457 g/mol. The molecule has 0 N–H and O–H groups in total. The molecule has 0 unspecified atom stereocenters. The Morgan fingerprint density at radius 2 is 2.03 bits per heavy atom. The molecule has 5 heterocycles. The summed E-state index contributed by atoms with van der Waals surface area (Å²) in [6, 6.07) is 3.34. The molecule has 5 rings (SSSR count). The zero-order valence-corrected chi connectivity index (χ0v) is 18.2. The summed E-state index contributed by atoms with van der Waals surface area (Å²) in [5.41, 5.74) is 0.625. The van der Waals surface area contributed by atoms with Crippen LogP contribution in [0.5, 0.6) is 0 Å². The van der Waals surface area contributed by atoms with Crippen LogP contribution < -0.4 is 0 Å². The molecule has 3 aliphatic heterocycles. The van der Waals surface area contributed by atoms with Crippen LogP contribution in [0.15, 0.2) is 35.9 Å². The topological polar surface area (TPSA) is 116 Å². The lowest BCUT2D eigenvalue weighted by Crippen LogP contribution is -2.60. The highest BCUT2D eigenvalue weighted by Crippen LogP contribution is 2.35. The molecule has 1 amide bonds. The summed E-state index contributed by atoms with van der Waals surface area (Å²) in [6.45, 7) is 3.84. The second-order valence-electron chi connectivity index (χ2n) is 8.42. The smallest absolute Gasteiger partial charge is 0.336 e. The summed E-state index contributed by atoms with van der Waals surface area (Å²) >= 11 is 0. The Morgan fingerprint density at radius 3 is 2.67 bits per heavy atom. The van der Waals surface area contributed by atoms with Crippen LogP contribution in [0, 0.1) is 0 Å². The maximum atomic E-state index is 15.0. The highest BCUT2D eigenvalue weighted by molar-refractivity contribution is 5.94. The Kier molecular flexibility index (Phi) is 5.62. The lowest BCUT2D eigenvalue weighted by atomic mass is 9.88. The van der Waals surface area contributed by atoms with Crippen molar-refractivity contribution in [1.29, 1.82) is 0 Å². The summed E-state index contributed by atoms with van der Waals surface area (Å²) in [5, 5.41) is 10.9. The molecular formula is C21H24FN7O4. The summed E-state index contributed by atoms with van der Waals surface area (Å²) in [6.07, 6.45) is 2.62. The maximum Gasteiger partial charge on any atom is 0.336 e. The zero-order chi connectivity index (χ0) is 23.0. The molecule has 0 bridgehead atoms. The maximum absolute atomic E-state index is 15.0. The number of morpholine rings is 1. The van der Waals surface area contributed by atoms with E-state index in [4.69, 9.17) is 9.47 Å². The molecule has 174 valence electrons. The first kappa shape index (κ1) is 21.6. The number of aromatic nitrogens is 5. The van der Waals surface area contributed by atoms with Crippen LogP contribution in [0.4, 0.5) is 4.39 Å². The number of likely N-dealkylation sites (tertiary alicyclic amines) is 1. The Bertz CT molecular complexity index is 1060. The van der Waals surface area contributed by atoms with E-state index in [-0.39, 0.29) is 25.0 Å². The Balaban J connectivity index is 1.20. The van der Waals surface area contributed by atoms with Gasteiger partial charge in [-0.2, -0.15) is 4.68 Å². The van der Waals surface area contributed by atoms with Gasteiger partial charge < -0.3 is 14.4 Å². The van der Waals surface area contributed by atoms with Gasteiger partial charge in [-0.25, -0.2) is 14.2 Å². The fraction of sp³-hybridized carbons (Fsp3) is 0.524. The predicted octanol–water partition coefficient (Wildman–Crippen LogP) is 0.592. The van der Waals surface area contributed by atoms with E-state index in [1.165, 1.54) is 17.2 Å². The summed E-state index contributed by atoms with van der Waals surface area (Å²) in [4.78, 5) is 32.9. The molecule has 0 aliphatic carbocycles. The van der Waals surface area contributed by atoms with Crippen molar-refractivity contribution < 1.29 is 23.5 Å². The highest BCUT2D eigenvalue weighted by atomic mass is 19.1. The number of pyridine rings is 1.